The minimum atomic E-state index is -0.851. The van der Waals surface area contributed by atoms with E-state index in [2.05, 4.69) is 10.3 Å². The largest absolute Gasteiger partial charge is 0.340 e. The van der Waals surface area contributed by atoms with Crippen LogP contribution in [0.5, 0.6) is 0 Å². The molecule has 0 radical (unpaired) electrons. The van der Waals surface area contributed by atoms with E-state index in [-0.39, 0.29) is 11.8 Å². The smallest absolute Gasteiger partial charge is 0.248 e. The summed E-state index contributed by atoms with van der Waals surface area (Å²) in [4.78, 5) is 30.5. The van der Waals surface area contributed by atoms with E-state index < -0.39 is 11.1 Å². The molecule has 0 aromatic carbocycles. The molecule has 1 saturated heterocycles. The fourth-order valence-electron chi connectivity index (χ4n) is 2.43. The number of aromatic nitrogens is 2. The van der Waals surface area contributed by atoms with Gasteiger partial charge in [-0.15, -0.1) is 0 Å². The van der Waals surface area contributed by atoms with Crippen molar-refractivity contribution in [3.05, 3.63) is 18.2 Å². The molecule has 0 atom stereocenters. The summed E-state index contributed by atoms with van der Waals surface area (Å²) < 4.78 is 1.98. The Hall–Kier alpha value is -1.85. The van der Waals surface area contributed by atoms with Crippen LogP contribution in [-0.2, 0) is 16.1 Å². The normalized spacial score (nSPS) is 20.9. The van der Waals surface area contributed by atoms with Gasteiger partial charge < -0.3 is 14.8 Å². The number of aryl methyl sites for hydroxylation is 1. The summed E-state index contributed by atoms with van der Waals surface area (Å²) in [7, 11) is 0. The van der Waals surface area contributed by atoms with Crippen LogP contribution in [0.1, 0.15) is 33.5 Å². The maximum absolute atomic E-state index is 12.5. The first-order valence-corrected chi connectivity index (χ1v) is 6.78. The van der Waals surface area contributed by atoms with Gasteiger partial charge >= 0.3 is 0 Å². The molecule has 6 nitrogen and oxygen atoms in total. The highest BCUT2D eigenvalue weighted by Gasteiger charge is 2.49. The highest BCUT2D eigenvalue weighted by atomic mass is 16.2. The fourth-order valence-corrected chi connectivity index (χ4v) is 2.43. The SMILES string of the molecule is Cc1nccn1CCN1C(=O)C(C)(C)NC(=O)C1(C)C. The number of imidazole rings is 1. The molecule has 1 fully saturated rings. The lowest BCUT2D eigenvalue weighted by Crippen LogP contribution is -2.72. The van der Waals surface area contributed by atoms with Crippen molar-refractivity contribution in [2.75, 3.05) is 6.54 Å². The van der Waals surface area contributed by atoms with Crippen molar-refractivity contribution in [1.29, 1.82) is 0 Å². The Morgan fingerprint density at radius 2 is 1.85 bits per heavy atom. The summed E-state index contributed by atoms with van der Waals surface area (Å²) in [5.74, 6) is 0.722. The molecular formula is C14H22N4O2. The van der Waals surface area contributed by atoms with E-state index >= 15 is 0 Å². The number of rotatable bonds is 3. The van der Waals surface area contributed by atoms with Crippen LogP contribution in [0.3, 0.4) is 0 Å². The molecule has 6 heteroatoms. The van der Waals surface area contributed by atoms with Gasteiger partial charge in [-0.2, -0.15) is 0 Å². The zero-order chi connectivity index (χ0) is 15.1. The van der Waals surface area contributed by atoms with E-state index in [1.807, 2.05) is 17.7 Å². The molecule has 1 N–H and O–H groups in total. The lowest BCUT2D eigenvalue weighted by Gasteiger charge is -2.47. The van der Waals surface area contributed by atoms with Gasteiger partial charge in [-0.1, -0.05) is 0 Å². The Labute approximate surface area is 119 Å². The van der Waals surface area contributed by atoms with E-state index in [1.54, 1.807) is 38.8 Å². The standard InChI is InChI=1S/C14H22N4O2/c1-10-15-6-7-17(10)8-9-18-12(20)13(2,3)16-11(19)14(18,4)5/h6-7H,8-9H2,1-5H3,(H,16,19). The number of carbonyl (C=O) groups excluding carboxylic acids is 2. The maximum Gasteiger partial charge on any atom is 0.248 e. The molecule has 0 aliphatic carbocycles. The first kappa shape index (κ1) is 14.6. The Kier molecular flexibility index (Phi) is 3.36. The van der Waals surface area contributed by atoms with Crippen molar-refractivity contribution >= 4 is 11.8 Å². The summed E-state index contributed by atoms with van der Waals surface area (Å²) >= 11 is 0. The zero-order valence-electron chi connectivity index (χ0n) is 12.7. The van der Waals surface area contributed by atoms with Gasteiger partial charge in [0.2, 0.25) is 11.8 Å². The second kappa shape index (κ2) is 4.61. The number of nitrogens with zero attached hydrogens (tertiary/aromatic N) is 3. The van der Waals surface area contributed by atoms with E-state index in [0.29, 0.717) is 13.1 Å². The topological polar surface area (TPSA) is 67.2 Å². The molecule has 1 aromatic heterocycles. The second-order valence-corrected chi connectivity index (χ2v) is 6.26. The maximum atomic E-state index is 12.5. The third-order valence-corrected chi connectivity index (χ3v) is 3.92. The van der Waals surface area contributed by atoms with Gasteiger partial charge in [-0.3, -0.25) is 9.59 Å². The molecule has 20 heavy (non-hydrogen) atoms. The molecule has 1 aliphatic heterocycles. The van der Waals surface area contributed by atoms with Crippen LogP contribution in [0, 0.1) is 6.92 Å². The number of piperazine rings is 1. The molecule has 0 spiro atoms. The summed E-state index contributed by atoms with van der Waals surface area (Å²) in [5.41, 5.74) is -1.68. The van der Waals surface area contributed by atoms with Crippen LogP contribution >= 0.6 is 0 Å². The lowest BCUT2D eigenvalue weighted by atomic mass is 9.90. The van der Waals surface area contributed by atoms with Crippen LogP contribution < -0.4 is 5.32 Å². The predicted molar refractivity (Wildman–Crippen MR) is 75.0 cm³/mol. The zero-order valence-corrected chi connectivity index (χ0v) is 12.7. The van der Waals surface area contributed by atoms with Crippen LogP contribution in [0.4, 0.5) is 0 Å². The quantitative estimate of drug-likeness (QED) is 0.885. The molecule has 0 bridgehead atoms. The average molecular weight is 278 g/mol. The number of nitrogens with one attached hydrogen (secondary N) is 1. The number of amides is 2. The molecule has 2 heterocycles. The van der Waals surface area contributed by atoms with Gasteiger partial charge in [0.15, 0.2) is 0 Å². The van der Waals surface area contributed by atoms with Crippen molar-refractivity contribution in [2.45, 2.75) is 52.2 Å². The van der Waals surface area contributed by atoms with Crippen molar-refractivity contribution in [3.8, 4) is 0 Å². The molecule has 0 unspecified atom stereocenters. The second-order valence-electron chi connectivity index (χ2n) is 6.26. The van der Waals surface area contributed by atoms with Crippen LogP contribution in [0.25, 0.3) is 0 Å². The van der Waals surface area contributed by atoms with Gasteiger partial charge in [0.1, 0.15) is 16.9 Å². The summed E-state index contributed by atoms with van der Waals surface area (Å²) in [6.45, 7) is 10.0. The highest BCUT2D eigenvalue weighted by molar-refractivity contribution is 6.01. The fraction of sp³-hybridized carbons (Fsp3) is 0.643. The molecular weight excluding hydrogens is 256 g/mol. The van der Waals surface area contributed by atoms with E-state index in [9.17, 15) is 9.59 Å². The highest BCUT2D eigenvalue weighted by Crippen LogP contribution is 2.25. The Balaban J connectivity index is 2.20. The molecule has 1 aliphatic rings. The monoisotopic (exact) mass is 278 g/mol. The van der Waals surface area contributed by atoms with Crippen molar-refractivity contribution in [3.63, 3.8) is 0 Å². The third-order valence-electron chi connectivity index (χ3n) is 3.92. The molecule has 2 rings (SSSR count). The Morgan fingerprint density at radius 1 is 1.20 bits per heavy atom. The third kappa shape index (κ3) is 2.30. The van der Waals surface area contributed by atoms with Gasteiger partial charge in [-0.25, -0.2) is 4.98 Å². The van der Waals surface area contributed by atoms with E-state index in [1.165, 1.54) is 0 Å². The summed E-state index contributed by atoms with van der Waals surface area (Å²) in [6, 6.07) is 0. The number of hydrogen-bond acceptors (Lipinski definition) is 3. The minimum Gasteiger partial charge on any atom is -0.340 e. The van der Waals surface area contributed by atoms with Crippen LogP contribution in [0.15, 0.2) is 12.4 Å². The van der Waals surface area contributed by atoms with Crippen molar-refractivity contribution < 1.29 is 9.59 Å². The van der Waals surface area contributed by atoms with Gasteiger partial charge in [-0.05, 0) is 34.6 Å². The van der Waals surface area contributed by atoms with E-state index in [4.69, 9.17) is 0 Å². The lowest BCUT2D eigenvalue weighted by molar-refractivity contribution is -0.159. The first-order chi connectivity index (χ1) is 9.16. The summed E-state index contributed by atoms with van der Waals surface area (Å²) in [5, 5.41) is 2.78. The molecule has 0 saturated carbocycles. The number of hydrogen-bond donors (Lipinski definition) is 1. The first-order valence-electron chi connectivity index (χ1n) is 6.78. The average Bonchev–Trinajstić information content (AvgIpc) is 2.72. The predicted octanol–water partition coefficient (Wildman–Crippen LogP) is 0.707. The molecule has 1 aromatic rings. The van der Waals surface area contributed by atoms with Crippen LogP contribution in [0.2, 0.25) is 0 Å². The van der Waals surface area contributed by atoms with E-state index in [0.717, 1.165) is 5.82 Å². The Morgan fingerprint density at radius 3 is 2.40 bits per heavy atom. The van der Waals surface area contributed by atoms with Crippen LogP contribution in [-0.4, -0.2) is 43.9 Å². The number of carbonyl (C=O) groups is 2. The molecule has 110 valence electrons. The minimum absolute atomic E-state index is 0.0557. The van der Waals surface area contributed by atoms with Crippen molar-refractivity contribution in [2.24, 2.45) is 0 Å². The van der Waals surface area contributed by atoms with Gasteiger partial charge in [0, 0.05) is 25.5 Å². The summed E-state index contributed by atoms with van der Waals surface area (Å²) in [6.07, 6.45) is 3.61. The Bertz CT molecular complexity index is 545. The van der Waals surface area contributed by atoms with Crippen molar-refractivity contribution in [1.82, 2.24) is 19.8 Å². The van der Waals surface area contributed by atoms with Gasteiger partial charge in [0.05, 0.1) is 0 Å². The molecule has 2 amide bonds. The van der Waals surface area contributed by atoms with Gasteiger partial charge in [0.25, 0.3) is 0 Å².